The summed E-state index contributed by atoms with van der Waals surface area (Å²) < 4.78 is 22.7. The molecule has 2 saturated heterocycles. The molecule has 2 fully saturated rings. The first-order chi connectivity index (χ1) is 31.6. The fourth-order valence-corrected chi connectivity index (χ4v) is 8.88. The van der Waals surface area contributed by atoms with E-state index in [2.05, 4.69) is 19.2 Å². The van der Waals surface area contributed by atoms with E-state index >= 15 is 0 Å². The van der Waals surface area contributed by atoms with E-state index in [1.165, 1.54) is 148 Å². The number of ether oxygens (including phenoxy) is 4. The van der Waals surface area contributed by atoms with Crippen molar-refractivity contribution in [1.29, 1.82) is 0 Å². The number of hydrogen-bond donors (Lipinski definition) is 9. The van der Waals surface area contributed by atoms with Crippen LogP contribution in [0.25, 0.3) is 0 Å². The number of allylic oxidation sites excluding steroid dienone is 1. The molecule has 0 radical (unpaired) electrons. The highest BCUT2D eigenvalue weighted by molar-refractivity contribution is 5.76. The van der Waals surface area contributed by atoms with Gasteiger partial charge < -0.3 is 65.1 Å². The molecule has 0 aromatic heterocycles. The summed E-state index contributed by atoms with van der Waals surface area (Å²) in [6.07, 6.45) is 23.9. The number of hydrogen-bond acceptors (Lipinski definition) is 13. The highest BCUT2D eigenvalue weighted by Gasteiger charge is 2.51. The van der Waals surface area contributed by atoms with Crippen molar-refractivity contribution in [2.75, 3.05) is 19.8 Å². The quantitative estimate of drug-likeness (QED) is 0.0219. The molecular formula is C51H97NO13. The molecule has 1 amide bonds. The van der Waals surface area contributed by atoms with E-state index in [1.807, 2.05) is 6.08 Å². The van der Waals surface area contributed by atoms with Gasteiger partial charge >= 0.3 is 0 Å². The fraction of sp³-hybridized carbons (Fsp3) is 0.941. The Balaban J connectivity index is 1.84. The Morgan fingerprint density at radius 1 is 0.538 bits per heavy atom. The number of nitrogens with one attached hydrogen (secondary N) is 1. The van der Waals surface area contributed by atoms with Crippen LogP contribution in [0.2, 0.25) is 0 Å². The first kappa shape index (κ1) is 59.9. The maximum absolute atomic E-state index is 13.2. The number of unbranched alkanes of at least 4 members (excludes halogenated alkanes) is 28. The molecule has 0 saturated carbocycles. The third kappa shape index (κ3) is 25.8. The lowest BCUT2D eigenvalue weighted by Gasteiger charge is -2.46. The lowest BCUT2D eigenvalue weighted by molar-refractivity contribution is -0.359. The van der Waals surface area contributed by atoms with Crippen molar-refractivity contribution < 1.29 is 64.6 Å². The lowest BCUT2D eigenvalue weighted by Crippen LogP contribution is -2.65. The zero-order valence-corrected chi connectivity index (χ0v) is 40.7. The van der Waals surface area contributed by atoms with Gasteiger partial charge in [-0.2, -0.15) is 0 Å². The Bertz CT molecular complexity index is 1150. The average molecular weight is 932 g/mol. The number of amides is 1. The molecule has 0 bridgehead atoms. The molecule has 0 aromatic carbocycles. The van der Waals surface area contributed by atoms with Crippen LogP contribution >= 0.6 is 0 Å². The highest BCUT2D eigenvalue weighted by Crippen LogP contribution is 2.30. The highest BCUT2D eigenvalue weighted by atomic mass is 16.7. The Labute approximate surface area is 393 Å². The molecule has 65 heavy (non-hydrogen) atoms. The minimum atomic E-state index is -1.78. The third-order valence-corrected chi connectivity index (χ3v) is 13.2. The van der Waals surface area contributed by atoms with E-state index in [4.69, 9.17) is 18.9 Å². The molecule has 2 aliphatic heterocycles. The summed E-state index contributed by atoms with van der Waals surface area (Å²) in [7, 11) is 0. The summed E-state index contributed by atoms with van der Waals surface area (Å²) >= 11 is 0. The third-order valence-electron chi connectivity index (χ3n) is 13.2. The van der Waals surface area contributed by atoms with Gasteiger partial charge in [0, 0.05) is 6.42 Å². The molecule has 0 aromatic rings. The molecular weight excluding hydrogens is 835 g/mol. The van der Waals surface area contributed by atoms with E-state index in [1.54, 1.807) is 6.08 Å². The van der Waals surface area contributed by atoms with Gasteiger partial charge in [0.05, 0.1) is 32.0 Å². The number of carbonyl (C=O) groups is 1. The summed E-state index contributed by atoms with van der Waals surface area (Å²) in [5.74, 6) is -0.237. The largest absolute Gasteiger partial charge is 0.394 e. The van der Waals surface area contributed by atoms with Gasteiger partial charge in [0.2, 0.25) is 5.91 Å². The second-order valence-corrected chi connectivity index (χ2v) is 19.0. The Morgan fingerprint density at radius 3 is 1.42 bits per heavy atom. The average Bonchev–Trinajstić information content (AvgIpc) is 3.30. The van der Waals surface area contributed by atoms with Crippen LogP contribution in [0.4, 0.5) is 0 Å². The van der Waals surface area contributed by atoms with Crippen molar-refractivity contribution in [2.24, 2.45) is 0 Å². The van der Waals surface area contributed by atoms with Gasteiger partial charge in [0.15, 0.2) is 12.6 Å². The topological polar surface area (TPSA) is 228 Å². The number of aliphatic hydroxyl groups is 8. The Hall–Kier alpha value is -1.27. The summed E-state index contributed by atoms with van der Waals surface area (Å²) in [6.45, 7) is 2.80. The monoisotopic (exact) mass is 932 g/mol. The molecule has 2 heterocycles. The van der Waals surface area contributed by atoms with Crippen LogP contribution in [0.5, 0.6) is 0 Å². The molecule has 0 aliphatic carbocycles. The SMILES string of the molecule is CCCCCCCCCCCCCCCCC/C=C/C(O)C(COC1OC(CO)C(OC2OC(CO)C(O)C(O)C2O)C(O)C1O)NC(=O)CCCCCCCCCCCCCCCC. The Morgan fingerprint density at radius 2 is 0.954 bits per heavy atom. The summed E-state index contributed by atoms with van der Waals surface area (Å²) in [5, 5.41) is 86.8. The minimum Gasteiger partial charge on any atom is -0.394 e. The van der Waals surface area contributed by atoms with E-state index < -0.39 is 86.8 Å². The zero-order valence-electron chi connectivity index (χ0n) is 40.7. The molecule has 384 valence electrons. The van der Waals surface area contributed by atoms with Gasteiger partial charge in [0.25, 0.3) is 0 Å². The van der Waals surface area contributed by atoms with E-state index in [-0.39, 0.29) is 18.9 Å². The van der Waals surface area contributed by atoms with Crippen molar-refractivity contribution in [3.05, 3.63) is 12.2 Å². The van der Waals surface area contributed by atoms with Crippen molar-refractivity contribution in [3.8, 4) is 0 Å². The van der Waals surface area contributed by atoms with E-state index in [0.717, 1.165) is 38.5 Å². The van der Waals surface area contributed by atoms with Gasteiger partial charge in [-0.15, -0.1) is 0 Å². The second kappa shape index (κ2) is 38.6. The van der Waals surface area contributed by atoms with Crippen LogP contribution in [-0.4, -0.2) is 140 Å². The minimum absolute atomic E-state index is 0.237. The van der Waals surface area contributed by atoms with Gasteiger partial charge in [-0.3, -0.25) is 4.79 Å². The zero-order chi connectivity index (χ0) is 47.5. The van der Waals surface area contributed by atoms with Crippen LogP contribution in [0.3, 0.4) is 0 Å². The molecule has 12 unspecified atom stereocenters. The van der Waals surface area contributed by atoms with Gasteiger partial charge in [0.1, 0.15) is 48.8 Å². The van der Waals surface area contributed by atoms with E-state index in [0.29, 0.717) is 6.42 Å². The van der Waals surface area contributed by atoms with Crippen LogP contribution in [0.15, 0.2) is 12.2 Å². The maximum atomic E-state index is 13.2. The molecule has 14 nitrogen and oxygen atoms in total. The van der Waals surface area contributed by atoms with E-state index in [9.17, 15) is 45.6 Å². The predicted molar refractivity (Wildman–Crippen MR) is 254 cm³/mol. The summed E-state index contributed by atoms with van der Waals surface area (Å²) in [4.78, 5) is 13.2. The molecule has 0 spiro atoms. The molecule has 9 N–H and O–H groups in total. The van der Waals surface area contributed by atoms with Crippen molar-refractivity contribution in [3.63, 3.8) is 0 Å². The summed E-state index contributed by atoms with van der Waals surface area (Å²) in [5.41, 5.74) is 0. The lowest BCUT2D eigenvalue weighted by atomic mass is 9.97. The molecule has 14 heteroatoms. The van der Waals surface area contributed by atoms with Crippen molar-refractivity contribution in [2.45, 2.75) is 286 Å². The fourth-order valence-electron chi connectivity index (χ4n) is 8.88. The normalized spacial score (nSPS) is 27.0. The maximum Gasteiger partial charge on any atom is 0.220 e. The standard InChI is InChI=1S/C51H97NO13/c1-3-5-7-9-11-13-15-17-19-20-21-22-24-26-28-30-32-34-40(55)39(52-43(56)35-33-31-29-27-25-23-18-16-14-12-10-8-6-4-2)38-62-50-48(61)46(59)49(42(37-54)64-50)65-51-47(60)45(58)44(57)41(36-53)63-51/h32,34,39-42,44-51,53-55,57-61H,3-31,33,35-38H2,1-2H3,(H,52,56)/b34-32+. The summed E-state index contributed by atoms with van der Waals surface area (Å²) in [6, 6.07) is -0.907. The van der Waals surface area contributed by atoms with Crippen LogP contribution < -0.4 is 5.32 Å². The van der Waals surface area contributed by atoms with Crippen LogP contribution in [-0.2, 0) is 23.7 Å². The van der Waals surface area contributed by atoms with Gasteiger partial charge in [-0.25, -0.2) is 0 Å². The molecule has 2 aliphatic rings. The van der Waals surface area contributed by atoms with Gasteiger partial charge in [-0.05, 0) is 19.3 Å². The van der Waals surface area contributed by atoms with Crippen molar-refractivity contribution >= 4 is 5.91 Å². The number of aliphatic hydroxyl groups excluding tert-OH is 8. The van der Waals surface area contributed by atoms with Crippen LogP contribution in [0.1, 0.15) is 213 Å². The predicted octanol–water partition coefficient (Wildman–Crippen LogP) is 7.16. The van der Waals surface area contributed by atoms with Crippen molar-refractivity contribution in [1.82, 2.24) is 5.32 Å². The molecule has 12 atom stereocenters. The first-order valence-electron chi connectivity index (χ1n) is 26.4. The first-order valence-corrected chi connectivity index (χ1v) is 26.4. The number of carbonyl (C=O) groups excluding carboxylic acids is 1. The van der Waals surface area contributed by atoms with Gasteiger partial charge in [-0.1, -0.05) is 199 Å². The van der Waals surface area contributed by atoms with Crippen LogP contribution in [0, 0.1) is 0 Å². The smallest absolute Gasteiger partial charge is 0.220 e. The second-order valence-electron chi connectivity index (χ2n) is 19.0. The molecule has 2 rings (SSSR count). The number of rotatable bonds is 41. The Kier molecular flexibility index (Phi) is 35.5.